The topological polar surface area (TPSA) is 70.7 Å². The number of morpholine rings is 1. The van der Waals surface area contributed by atoms with Gasteiger partial charge in [-0.3, -0.25) is 9.59 Å². The van der Waals surface area contributed by atoms with E-state index in [-0.39, 0.29) is 18.4 Å². The van der Waals surface area contributed by atoms with Gasteiger partial charge in [0.1, 0.15) is 6.04 Å². The Morgan fingerprint density at radius 1 is 1.41 bits per heavy atom. The minimum Gasteiger partial charge on any atom is -0.377 e. The van der Waals surface area contributed by atoms with Crippen LogP contribution in [-0.2, 0) is 14.3 Å². The van der Waals surface area contributed by atoms with Crippen LogP contribution in [0.15, 0.2) is 0 Å². The predicted octanol–water partition coefficient (Wildman–Crippen LogP) is -1.29. The molecule has 96 valence electrons. The molecular weight excluding hydrogens is 222 g/mol. The molecule has 6 heteroatoms. The van der Waals surface area contributed by atoms with E-state index in [4.69, 9.17) is 4.74 Å². The number of hydrogen-bond donors (Lipinski definition) is 2. The van der Waals surface area contributed by atoms with Crippen molar-refractivity contribution < 1.29 is 14.3 Å². The smallest absolute Gasteiger partial charge is 0.245 e. The first-order valence-electron chi connectivity index (χ1n) is 6.04. The van der Waals surface area contributed by atoms with Crippen LogP contribution in [0, 0.1) is 0 Å². The van der Waals surface area contributed by atoms with Crippen LogP contribution in [0.25, 0.3) is 0 Å². The Bertz CT molecular complexity index is 304. The average Bonchev–Trinajstić information content (AvgIpc) is 3.13. The van der Waals surface area contributed by atoms with E-state index < -0.39 is 6.04 Å². The van der Waals surface area contributed by atoms with Gasteiger partial charge < -0.3 is 20.3 Å². The number of nitrogens with one attached hydrogen (secondary N) is 2. The van der Waals surface area contributed by atoms with E-state index in [9.17, 15) is 9.59 Å². The Morgan fingerprint density at radius 2 is 2.18 bits per heavy atom. The van der Waals surface area contributed by atoms with Crippen LogP contribution in [0.2, 0.25) is 0 Å². The van der Waals surface area contributed by atoms with Crippen molar-refractivity contribution in [2.45, 2.75) is 24.9 Å². The molecule has 0 spiro atoms. The fourth-order valence-corrected chi connectivity index (χ4v) is 1.90. The first-order chi connectivity index (χ1) is 8.22. The van der Waals surface area contributed by atoms with Crippen molar-refractivity contribution in [1.82, 2.24) is 15.5 Å². The lowest BCUT2D eigenvalue weighted by molar-refractivity contribution is -0.147. The molecule has 1 unspecified atom stereocenters. The zero-order valence-corrected chi connectivity index (χ0v) is 10.1. The lowest BCUT2D eigenvalue weighted by Crippen LogP contribution is -2.57. The molecule has 2 fully saturated rings. The average molecular weight is 241 g/mol. The number of carbonyl (C=O) groups excluding carboxylic acids is 2. The van der Waals surface area contributed by atoms with Gasteiger partial charge in [0.25, 0.3) is 0 Å². The van der Waals surface area contributed by atoms with Gasteiger partial charge >= 0.3 is 0 Å². The highest BCUT2D eigenvalue weighted by atomic mass is 16.5. The van der Waals surface area contributed by atoms with E-state index in [1.54, 1.807) is 11.9 Å². The molecule has 17 heavy (non-hydrogen) atoms. The Balaban J connectivity index is 1.94. The summed E-state index contributed by atoms with van der Waals surface area (Å²) in [5.74, 6) is -0.136. The van der Waals surface area contributed by atoms with E-state index in [2.05, 4.69) is 10.6 Å². The summed E-state index contributed by atoms with van der Waals surface area (Å²) in [5.41, 5.74) is 0. The normalized spacial score (nSPS) is 24.5. The summed E-state index contributed by atoms with van der Waals surface area (Å²) in [5, 5.41) is 5.73. The molecule has 2 amide bonds. The van der Waals surface area contributed by atoms with Crippen molar-refractivity contribution >= 4 is 11.8 Å². The minimum atomic E-state index is -0.467. The highest BCUT2D eigenvalue weighted by molar-refractivity contribution is 5.89. The van der Waals surface area contributed by atoms with Crippen LogP contribution >= 0.6 is 0 Å². The Hall–Kier alpha value is -1.14. The molecule has 1 saturated carbocycles. The van der Waals surface area contributed by atoms with Crippen LogP contribution in [0.5, 0.6) is 0 Å². The molecular formula is C11H19N3O3. The van der Waals surface area contributed by atoms with E-state index in [0.717, 1.165) is 12.8 Å². The standard InChI is InChI=1S/C11H19N3O3/c1-12-6-10(15)14-4-5-17-7-9(14)11(16)13-8-2-3-8/h8-9,12H,2-7H2,1H3,(H,13,16). The third kappa shape index (κ3) is 3.17. The molecule has 1 heterocycles. The highest BCUT2D eigenvalue weighted by Crippen LogP contribution is 2.19. The van der Waals surface area contributed by atoms with Crippen molar-refractivity contribution in [3.63, 3.8) is 0 Å². The molecule has 1 atom stereocenters. The number of hydrogen-bond acceptors (Lipinski definition) is 4. The summed E-state index contributed by atoms with van der Waals surface area (Å²) < 4.78 is 5.29. The third-order valence-electron chi connectivity index (χ3n) is 3.00. The van der Waals surface area contributed by atoms with Gasteiger partial charge in [0.2, 0.25) is 11.8 Å². The lowest BCUT2D eigenvalue weighted by atomic mass is 10.2. The van der Waals surface area contributed by atoms with Crippen molar-refractivity contribution in [2.75, 3.05) is 33.4 Å². The summed E-state index contributed by atoms with van der Waals surface area (Å²) in [4.78, 5) is 25.4. The summed E-state index contributed by atoms with van der Waals surface area (Å²) in [6.45, 7) is 1.55. The molecule has 0 aromatic carbocycles. The van der Waals surface area contributed by atoms with Gasteiger partial charge in [0, 0.05) is 12.6 Å². The van der Waals surface area contributed by atoms with Crippen LogP contribution in [0.4, 0.5) is 0 Å². The van der Waals surface area contributed by atoms with Crippen molar-refractivity contribution in [3.8, 4) is 0 Å². The van der Waals surface area contributed by atoms with Gasteiger partial charge in [-0.15, -0.1) is 0 Å². The summed E-state index contributed by atoms with van der Waals surface area (Å²) in [7, 11) is 1.72. The van der Waals surface area contributed by atoms with Crippen LogP contribution in [0.3, 0.4) is 0 Å². The van der Waals surface area contributed by atoms with E-state index >= 15 is 0 Å². The van der Waals surface area contributed by atoms with Gasteiger partial charge in [0.05, 0.1) is 19.8 Å². The molecule has 0 bridgehead atoms. The molecule has 1 aliphatic heterocycles. The number of carbonyl (C=O) groups is 2. The number of ether oxygens (including phenoxy) is 1. The van der Waals surface area contributed by atoms with Gasteiger partial charge in [0.15, 0.2) is 0 Å². The van der Waals surface area contributed by atoms with Gasteiger partial charge in [-0.05, 0) is 19.9 Å². The summed E-state index contributed by atoms with van der Waals surface area (Å²) in [6.07, 6.45) is 2.09. The Kier molecular flexibility index (Phi) is 3.96. The maximum atomic E-state index is 12.0. The molecule has 2 aliphatic rings. The number of nitrogens with zero attached hydrogens (tertiary/aromatic N) is 1. The molecule has 0 radical (unpaired) electrons. The van der Waals surface area contributed by atoms with Gasteiger partial charge in [-0.25, -0.2) is 0 Å². The second-order valence-corrected chi connectivity index (χ2v) is 4.49. The maximum Gasteiger partial charge on any atom is 0.245 e. The Labute approximate surface area is 101 Å². The van der Waals surface area contributed by atoms with Gasteiger partial charge in [-0.1, -0.05) is 0 Å². The van der Waals surface area contributed by atoms with E-state index in [1.807, 2.05) is 0 Å². The van der Waals surface area contributed by atoms with Crippen LogP contribution in [0.1, 0.15) is 12.8 Å². The number of likely N-dealkylation sites (N-methyl/N-ethyl adjacent to an activating group) is 1. The first-order valence-corrected chi connectivity index (χ1v) is 6.04. The molecule has 1 aliphatic carbocycles. The second-order valence-electron chi connectivity index (χ2n) is 4.49. The molecule has 0 aromatic heterocycles. The SMILES string of the molecule is CNCC(=O)N1CCOCC1C(=O)NC1CC1. The minimum absolute atomic E-state index is 0.0493. The van der Waals surface area contributed by atoms with Crippen molar-refractivity contribution in [2.24, 2.45) is 0 Å². The molecule has 6 nitrogen and oxygen atoms in total. The Morgan fingerprint density at radius 3 is 2.82 bits per heavy atom. The second kappa shape index (κ2) is 5.46. The van der Waals surface area contributed by atoms with Crippen molar-refractivity contribution in [1.29, 1.82) is 0 Å². The summed E-state index contributed by atoms with van der Waals surface area (Å²) in [6, 6.07) is -0.157. The quantitative estimate of drug-likeness (QED) is 0.642. The number of amides is 2. The van der Waals surface area contributed by atoms with Gasteiger partial charge in [-0.2, -0.15) is 0 Å². The van der Waals surface area contributed by atoms with Crippen LogP contribution in [-0.4, -0.2) is 62.1 Å². The largest absolute Gasteiger partial charge is 0.377 e. The fraction of sp³-hybridized carbons (Fsp3) is 0.818. The van der Waals surface area contributed by atoms with E-state index in [0.29, 0.717) is 25.8 Å². The monoisotopic (exact) mass is 241 g/mol. The molecule has 0 aromatic rings. The highest BCUT2D eigenvalue weighted by Gasteiger charge is 2.35. The molecule has 1 saturated heterocycles. The zero-order valence-electron chi connectivity index (χ0n) is 10.1. The number of rotatable bonds is 4. The predicted molar refractivity (Wildman–Crippen MR) is 61.4 cm³/mol. The summed E-state index contributed by atoms with van der Waals surface area (Å²) >= 11 is 0. The van der Waals surface area contributed by atoms with Crippen molar-refractivity contribution in [3.05, 3.63) is 0 Å². The lowest BCUT2D eigenvalue weighted by Gasteiger charge is -2.34. The molecule has 2 N–H and O–H groups in total. The maximum absolute atomic E-state index is 12.0. The van der Waals surface area contributed by atoms with Crippen LogP contribution < -0.4 is 10.6 Å². The molecule has 2 rings (SSSR count). The fourth-order valence-electron chi connectivity index (χ4n) is 1.90. The zero-order chi connectivity index (χ0) is 12.3. The van der Waals surface area contributed by atoms with E-state index in [1.165, 1.54) is 0 Å². The third-order valence-corrected chi connectivity index (χ3v) is 3.00. The first kappa shape index (κ1) is 12.3.